The van der Waals surface area contributed by atoms with Crippen LogP contribution < -0.4 is 0 Å². The van der Waals surface area contributed by atoms with Crippen LogP contribution in [0.3, 0.4) is 0 Å². The van der Waals surface area contributed by atoms with Gasteiger partial charge in [0, 0.05) is 27.9 Å². The van der Waals surface area contributed by atoms with Crippen LogP contribution in [0.2, 0.25) is 0 Å². The zero-order chi connectivity index (χ0) is 17.7. The van der Waals surface area contributed by atoms with Gasteiger partial charge in [-0.2, -0.15) is 5.10 Å². The van der Waals surface area contributed by atoms with E-state index in [0.717, 1.165) is 27.0 Å². The van der Waals surface area contributed by atoms with Crippen LogP contribution in [0.25, 0.3) is 10.9 Å². The summed E-state index contributed by atoms with van der Waals surface area (Å²) in [6, 6.07) is 11.4. The third-order valence-corrected chi connectivity index (χ3v) is 5.82. The molecule has 6 nitrogen and oxygen atoms in total. The number of amides is 2. The Morgan fingerprint density at radius 2 is 2.04 bits per heavy atom. The molecule has 1 atom stereocenters. The lowest BCUT2D eigenvalue weighted by molar-refractivity contribution is -0.157. The zero-order valence-corrected chi connectivity index (χ0v) is 14.7. The van der Waals surface area contributed by atoms with Crippen molar-refractivity contribution in [2.75, 3.05) is 6.54 Å². The Balaban J connectivity index is 1.48. The molecule has 0 radical (unpaired) electrons. The zero-order valence-electron chi connectivity index (χ0n) is 13.9. The highest BCUT2D eigenvalue weighted by Crippen LogP contribution is 2.32. The monoisotopic (exact) mass is 364 g/mol. The summed E-state index contributed by atoms with van der Waals surface area (Å²) < 4.78 is 0. The third kappa shape index (κ3) is 2.35. The van der Waals surface area contributed by atoms with Crippen LogP contribution >= 0.6 is 11.3 Å². The summed E-state index contributed by atoms with van der Waals surface area (Å²) in [6.07, 6.45) is 2.17. The van der Waals surface area contributed by atoms with Crippen molar-refractivity contribution in [3.8, 4) is 0 Å². The molecule has 0 unspecified atom stereocenters. The fourth-order valence-electron chi connectivity index (χ4n) is 3.75. The number of benzene rings is 1. The number of rotatable bonds is 2. The first-order chi connectivity index (χ1) is 12.7. The molecular formula is C19H16N4O2S. The lowest BCUT2D eigenvalue weighted by Crippen LogP contribution is -2.60. The molecule has 1 saturated heterocycles. The summed E-state index contributed by atoms with van der Waals surface area (Å²) in [6.45, 7) is 0.439. The van der Waals surface area contributed by atoms with Gasteiger partial charge < -0.3 is 9.88 Å². The van der Waals surface area contributed by atoms with E-state index in [0.29, 0.717) is 13.0 Å². The number of aromatic nitrogens is 1. The molecule has 5 rings (SSSR count). The fraction of sp³-hybridized carbons (Fsp3) is 0.211. The van der Waals surface area contributed by atoms with Crippen molar-refractivity contribution >= 4 is 40.3 Å². The average Bonchev–Trinajstić information content (AvgIpc) is 3.29. The van der Waals surface area contributed by atoms with E-state index in [4.69, 9.17) is 0 Å². The molecule has 2 aromatic heterocycles. The normalized spacial score (nSPS) is 20.1. The molecule has 2 aliphatic heterocycles. The minimum absolute atomic E-state index is 0.00717. The van der Waals surface area contributed by atoms with Gasteiger partial charge in [0.15, 0.2) is 0 Å². The molecule has 2 amide bonds. The van der Waals surface area contributed by atoms with Crippen molar-refractivity contribution in [1.82, 2.24) is 14.9 Å². The van der Waals surface area contributed by atoms with Gasteiger partial charge in [0.2, 0.25) is 5.91 Å². The van der Waals surface area contributed by atoms with Crippen LogP contribution in [0.4, 0.5) is 0 Å². The fourth-order valence-corrected chi connectivity index (χ4v) is 4.33. The Kier molecular flexibility index (Phi) is 3.43. The standard InChI is InChI=1S/C19H16N4O2S/c24-18-11-23(20-9-12-4-3-7-26-12)19(25)17-8-14-13-5-1-2-6-15(13)21-16(14)10-22(17)18/h1-7,9,17,21H,8,10-11H2/b20-9+/t17-/m1/s1. The summed E-state index contributed by atoms with van der Waals surface area (Å²) in [5, 5.41) is 8.65. The highest BCUT2D eigenvalue weighted by molar-refractivity contribution is 7.11. The van der Waals surface area contributed by atoms with E-state index in [1.54, 1.807) is 22.5 Å². The summed E-state index contributed by atoms with van der Waals surface area (Å²) in [7, 11) is 0. The summed E-state index contributed by atoms with van der Waals surface area (Å²) in [4.78, 5) is 31.6. The van der Waals surface area contributed by atoms with Gasteiger partial charge in [0.1, 0.15) is 12.6 Å². The highest BCUT2D eigenvalue weighted by Gasteiger charge is 2.43. The van der Waals surface area contributed by atoms with E-state index in [9.17, 15) is 9.59 Å². The topological polar surface area (TPSA) is 68.8 Å². The van der Waals surface area contributed by atoms with E-state index >= 15 is 0 Å². The van der Waals surface area contributed by atoms with Gasteiger partial charge in [0.25, 0.3) is 5.91 Å². The minimum atomic E-state index is -0.483. The first-order valence-electron chi connectivity index (χ1n) is 8.47. The van der Waals surface area contributed by atoms with Crippen molar-refractivity contribution in [3.05, 3.63) is 57.9 Å². The molecule has 0 saturated carbocycles. The molecule has 0 bridgehead atoms. The molecule has 130 valence electrons. The van der Waals surface area contributed by atoms with Crippen molar-refractivity contribution in [3.63, 3.8) is 0 Å². The number of carbonyl (C=O) groups excluding carboxylic acids is 2. The number of para-hydroxylation sites is 1. The van der Waals surface area contributed by atoms with Crippen LogP contribution in [0.15, 0.2) is 46.9 Å². The van der Waals surface area contributed by atoms with Gasteiger partial charge in [-0.3, -0.25) is 9.59 Å². The number of thiophene rings is 1. The molecule has 0 aliphatic carbocycles. The van der Waals surface area contributed by atoms with Gasteiger partial charge in [-0.1, -0.05) is 24.3 Å². The Bertz CT molecular complexity index is 1040. The predicted octanol–water partition coefficient (Wildman–Crippen LogP) is 2.36. The molecule has 1 fully saturated rings. The van der Waals surface area contributed by atoms with E-state index in [1.165, 1.54) is 5.01 Å². The lowest BCUT2D eigenvalue weighted by atomic mass is 9.94. The second kappa shape index (κ2) is 5.81. The molecule has 26 heavy (non-hydrogen) atoms. The number of aromatic amines is 1. The smallest absolute Gasteiger partial charge is 0.266 e. The number of hydrazone groups is 1. The van der Waals surface area contributed by atoms with Crippen LogP contribution in [0, 0.1) is 0 Å². The minimum Gasteiger partial charge on any atom is -0.357 e. The largest absolute Gasteiger partial charge is 0.357 e. The molecule has 1 N–H and O–H groups in total. The Labute approximate surface area is 153 Å². The predicted molar refractivity (Wildman–Crippen MR) is 100.0 cm³/mol. The van der Waals surface area contributed by atoms with Gasteiger partial charge >= 0.3 is 0 Å². The Morgan fingerprint density at radius 3 is 2.88 bits per heavy atom. The van der Waals surface area contributed by atoms with E-state index < -0.39 is 6.04 Å². The number of nitrogens with zero attached hydrogens (tertiary/aromatic N) is 3. The first-order valence-corrected chi connectivity index (χ1v) is 9.35. The lowest BCUT2D eigenvalue weighted by Gasteiger charge is -2.40. The van der Waals surface area contributed by atoms with Gasteiger partial charge in [-0.15, -0.1) is 11.3 Å². The SMILES string of the molecule is O=C1[C@H]2Cc3c([nH]c4ccccc34)CN2C(=O)CN1/N=C/c1cccs1. The van der Waals surface area contributed by atoms with E-state index in [2.05, 4.69) is 16.2 Å². The molecule has 4 heterocycles. The Morgan fingerprint density at radius 1 is 1.15 bits per heavy atom. The second-order valence-electron chi connectivity index (χ2n) is 6.53. The van der Waals surface area contributed by atoms with E-state index in [1.807, 2.05) is 35.7 Å². The van der Waals surface area contributed by atoms with E-state index in [-0.39, 0.29) is 18.4 Å². The van der Waals surface area contributed by atoms with Crippen molar-refractivity contribution in [2.24, 2.45) is 5.10 Å². The summed E-state index contributed by atoms with van der Waals surface area (Å²) in [5.74, 6) is -0.185. The highest BCUT2D eigenvalue weighted by atomic mass is 32.1. The molecule has 1 aromatic carbocycles. The Hall–Kier alpha value is -2.93. The second-order valence-corrected chi connectivity index (χ2v) is 7.50. The van der Waals surface area contributed by atoms with Gasteiger partial charge in [0.05, 0.1) is 12.8 Å². The molecule has 3 aromatic rings. The summed E-state index contributed by atoms with van der Waals surface area (Å²) in [5.41, 5.74) is 3.20. The van der Waals surface area contributed by atoms with Gasteiger partial charge in [-0.25, -0.2) is 5.01 Å². The summed E-state index contributed by atoms with van der Waals surface area (Å²) >= 11 is 1.54. The maximum atomic E-state index is 12.9. The molecule has 0 spiro atoms. The quantitative estimate of drug-likeness (QED) is 0.709. The van der Waals surface area contributed by atoms with Gasteiger partial charge in [-0.05, 0) is 23.1 Å². The number of piperazine rings is 1. The number of nitrogens with one attached hydrogen (secondary N) is 1. The third-order valence-electron chi connectivity index (χ3n) is 5.02. The van der Waals surface area contributed by atoms with Crippen LogP contribution in [0.5, 0.6) is 0 Å². The van der Waals surface area contributed by atoms with Crippen LogP contribution in [0.1, 0.15) is 16.1 Å². The molecule has 2 aliphatic rings. The van der Waals surface area contributed by atoms with Crippen LogP contribution in [-0.2, 0) is 22.6 Å². The maximum absolute atomic E-state index is 12.9. The van der Waals surface area contributed by atoms with Crippen molar-refractivity contribution in [2.45, 2.75) is 19.0 Å². The van der Waals surface area contributed by atoms with Crippen molar-refractivity contribution < 1.29 is 9.59 Å². The molecular weight excluding hydrogens is 348 g/mol. The number of hydrogen-bond donors (Lipinski definition) is 1. The maximum Gasteiger partial charge on any atom is 0.266 e. The number of carbonyl (C=O) groups is 2. The van der Waals surface area contributed by atoms with Crippen LogP contribution in [-0.4, -0.2) is 45.5 Å². The number of hydrogen-bond acceptors (Lipinski definition) is 4. The number of H-pyrrole nitrogens is 1. The average molecular weight is 364 g/mol. The molecule has 7 heteroatoms. The first kappa shape index (κ1) is 15.3. The van der Waals surface area contributed by atoms with Crippen molar-refractivity contribution in [1.29, 1.82) is 0 Å². The number of fused-ring (bicyclic) bond motifs is 4.